The third-order valence-electron chi connectivity index (χ3n) is 4.46. The summed E-state index contributed by atoms with van der Waals surface area (Å²) >= 11 is 1.24. The van der Waals surface area contributed by atoms with Gasteiger partial charge in [-0.05, 0) is 56.2 Å². The lowest BCUT2D eigenvalue weighted by Gasteiger charge is -2.25. The molecule has 1 aromatic carbocycles. The van der Waals surface area contributed by atoms with E-state index in [9.17, 15) is 17.6 Å². The molecule has 0 N–H and O–H groups in total. The molecule has 0 unspecified atom stereocenters. The summed E-state index contributed by atoms with van der Waals surface area (Å²) < 4.78 is 39.8. The van der Waals surface area contributed by atoms with Crippen LogP contribution in [0.1, 0.15) is 36.5 Å². The summed E-state index contributed by atoms with van der Waals surface area (Å²) in [5.41, 5.74) is 0.431. The molecule has 2 heterocycles. The number of carbonyl (C=O) groups is 1. The van der Waals surface area contributed by atoms with E-state index in [0.717, 1.165) is 19.3 Å². The minimum absolute atomic E-state index is 0.133. The van der Waals surface area contributed by atoms with Crippen LogP contribution in [0.2, 0.25) is 0 Å². The van der Waals surface area contributed by atoms with Gasteiger partial charge in [-0.15, -0.1) is 0 Å². The number of pyridine rings is 1. The molecule has 1 aromatic heterocycles. The number of nitrogens with zero attached hydrogens (tertiary/aromatic N) is 2. The Labute approximate surface area is 163 Å². The Morgan fingerprint density at radius 1 is 1.11 bits per heavy atom. The van der Waals surface area contributed by atoms with Gasteiger partial charge >= 0.3 is 0 Å². The van der Waals surface area contributed by atoms with Crippen LogP contribution in [0.3, 0.4) is 0 Å². The maximum atomic E-state index is 13.0. The summed E-state index contributed by atoms with van der Waals surface area (Å²) in [5.74, 6) is -0.522. The average Bonchev–Trinajstić information content (AvgIpc) is 2.69. The van der Waals surface area contributed by atoms with Gasteiger partial charge in [-0.25, -0.2) is 17.8 Å². The molecule has 1 fully saturated rings. The van der Waals surface area contributed by atoms with E-state index in [4.69, 9.17) is 0 Å². The first-order valence-electron chi connectivity index (χ1n) is 8.80. The topological polar surface area (TPSA) is 67.3 Å². The monoisotopic (exact) mass is 408 g/mol. The van der Waals surface area contributed by atoms with E-state index in [0.29, 0.717) is 23.7 Å². The smallest absolute Gasteiger partial charge is 0.244 e. The van der Waals surface area contributed by atoms with Crippen molar-refractivity contribution in [1.29, 1.82) is 0 Å². The van der Waals surface area contributed by atoms with E-state index >= 15 is 0 Å². The summed E-state index contributed by atoms with van der Waals surface area (Å²) in [6.45, 7) is 2.83. The van der Waals surface area contributed by atoms with Gasteiger partial charge in [0.25, 0.3) is 0 Å². The van der Waals surface area contributed by atoms with Crippen molar-refractivity contribution in [2.24, 2.45) is 0 Å². The third kappa shape index (κ3) is 4.75. The molecule has 0 bridgehead atoms. The van der Waals surface area contributed by atoms with Crippen molar-refractivity contribution in [3.8, 4) is 0 Å². The molecule has 0 spiro atoms. The predicted molar refractivity (Wildman–Crippen MR) is 103 cm³/mol. The third-order valence-corrected chi connectivity index (χ3v) is 7.39. The Hall–Kier alpha value is -1.77. The molecule has 3 rings (SSSR count). The van der Waals surface area contributed by atoms with Crippen LogP contribution in [0.5, 0.6) is 0 Å². The molecule has 0 saturated carbocycles. The van der Waals surface area contributed by atoms with Gasteiger partial charge in [0.1, 0.15) is 10.7 Å². The van der Waals surface area contributed by atoms with E-state index in [2.05, 4.69) is 4.98 Å². The Morgan fingerprint density at radius 2 is 1.78 bits per heavy atom. The van der Waals surface area contributed by atoms with Crippen LogP contribution in [0.25, 0.3) is 0 Å². The number of halogens is 1. The first kappa shape index (κ1) is 20.0. The molecular weight excluding hydrogens is 387 g/mol. The van der Waals surface area contributed by atoms with Crippen LogP contribution in [-0.2, 0) is 10.0 Å². The molecule has 1 saturated heterocycles. The maximum Gasteiger partial charge on any atom is 0.244 e. The standard InChI is InChI=1S/C19H21FN2O3S2/c1-14(19(23)15-5-7-16(20)8-6-15)26-18-10-9-17(13-21-18)27(24,25)22-11-3-2-4-12-22/h5-10,13-14H,2-4,11-12H2,1H3/t14-/m0/s1. The number of carbonyl (C=O) groups excluding carboxylic acids is 1. The Kier molecular flexibility index (Phi) is 6.29. The van der Waals surface area contributed by atoms with Crippen molar-refractivity contribution in [3.05, 3.63) is 54.0 Å². The van der Waals surface area contributed by atoms with Crippen LogP contribution >= 0.6 is 11.8 Å². The maximum absolute atomic E-state index is 13.0. The fourth-order valence-electron chi connectivity index (χ4n) is 2.93. The first-order valence-corrected chi connectivity index (χ1v) is 11.1. The van der Waals surface area contributed by atoms with Crippen LogP contribution in [0, 0.1) is 5.82 Å². The number of Topliss-reactive ketones (excluding diaryl/α,β-unsaturated/α-hetero) is 1. The van der Waals surface area contributed by atoms with Crippen molar-refractivity contribution in [2.45, 2.75) is 41.4 Å². The largest absolute Gasteiger partial charge is 0.293 e. The van der Waals surface area contributed by atoms with Gasteiger partial charge in [0, 0.05) is 24.8 Å². The normalized spacial score (nSPS) is 16.8. The van der Waals surface area contributed by atoms with Crippen molar-refractivity contribution in [1.82, 2.24) is 9.29 Å². The van der Waals surface area contributed by atoms with Gasteiger partial charge in [0.2, 0.25) is 10.0 Å². The minimum Gasteiger partial charge on any atom is -0.293 e. The lowest BCUT2D eigenvalue weighted by molar-refractivity contribution is 0.0994. The van der Waals surface area contributed by atoms with Gasteiger partial charge in [-0.2, -0.15) is 4.31 Å². The SMILES string of the molecule is C[C@H](Sc1ccc(S(=O)(=O)N2CCCCC2)cn1)C(=O)c1ccc(F)cc1. The molecule has 144 valence electrons. The van der Waals surface area contributed by atoms with Crippen LogP contribution < -0.4 is 0 Å². The fourth-order valence-corrected chi connectivity index (χ4v) is 5.26. The predicted octanol–water partition coefficient (Wildman–Crippen LogP) is 3.76. The molecule has 8 heteroatoms. The second-order valence-electron chi connectivity index (χ2n) is 6.43. The van der Waals surface area contributed by atoms with Crippen LogP contribution in [0.4, 0.5) is 4.39 Å². The molecule has 0 aliphatic carbocycles. The number of ketones is 1. The summed E-state index contributed by atoms with van der Waals surface area (Å²) in [7, 11) is -3.51. The second kappa shape index (κ2) is 8.50. The number of piperidine rings is 1. The highest BCUT2D eigenvalue weighted by Crippen LogP contribution is 2.26. The van der Waals surface area contributed by atoms with E-state index in [1.165, 1.54) is 52.6 Å². The molecule has 2 aromatic rings. The van der Waals surface area contributed by atoms with E-state index in [-0.39, 0.29) is 16.5 Å². The van der Waals surface area contributed by atoms with Gasteiger partial charge < -0.3 is 0 Å². The highest BCUT2D eigenvalue weighted by Gasteiger charge is 2.26. The highest BCUT2D eigenvalue weighted by atomic mass is 32.2. The fraction of sp³-hybridized carbons (Fsp3) is 0.368. The summed E-state index contributed by atoms with van der Waals surface area (Å²) in [5, 5.41) is 0.142. The van der Waals surface area contributed by atoms with Gasteiger partial charge in [0.15, 0.2) is 5.78 Å². The zero-order valence-electron chi connectivity index (χ0n) is 15.0. The quantitative estimate of drug-likeness (QED) is 0.538. The lowest BCUT2D eigenvalue weighted by Crippen LogP contribution is -2.35. The summed E-state index contributed by atoms with van der Waals surface area (Å²) in [6, 6.07) is 8.57. The average molecular weight is 409 g/mol. The van der Waals surface area contributed by atoms with Gasteiger partial charge in [0.05, 0.1) is 10.3 Å². The highest BCUT2D eigenvalue weighted by molar-refractivity contribution is 8.00. The Morgan fingerprint density at radius 3 is 2.37 bits per heavy atom. The van der Waals surface area contributed by atoms with Gasteiger partial charge in [-0.3, -0.25) is 4.79 Å². The van der Waals surface area contributed by atoms with Gasteiger partial charge in [-0.1, -0.05) is 18.2 Å². The minimum atomic E-state index is -3.51. The second-order valence-corrected chi connectivity index (χ2v) is 9.73. The number of aromatic nitrogens is 1. The van der Waals surface area contributed by atoms with Crippen molar-refractivity contribution < 1.29 is 17.6 Å². The number of benzene rings is 1. The zero-order chi connectivity index (χ0) is 19.4. The molecule has 27 heavy (non-hydrogen) atoms. The molecule has 1 aliphatic rings. The van der Waals surface area contributed by atoms with E-state index < -0.39 is 15.3 Å². The number of rotatable bonds is 6. The lowest BCUT2D eigenvalue weighted by atomic mass is 10.1. The number of hydrogen-bond donors (Lipinski definition) is 0. The van der Waals surface area contributed by atoms with Crippen LogP contribution in [0.15, 0.2) is 52.5 Å². The Balaban J connectivity index is 1.68. The number of sulfonamides is 1. The van der Waals surface area contributed by atoms with Crippen molar-refractivity contribution in [3.63, 3.8) is 0 Å². The molecule has 1 aliphatic heterocycles. The van der Waals surface area contributed by atoms with Crippen molar-refractivity contribution in [2.75, 3.05) is 13.1 Å². The molecular formula is C19H21FN2O3S2. The zero-order valence-corrected chi connectivity index (χ0v) is 16.6. The molecule has 0 radical (unpaired) electrons. The number of thioether (sulfide) groups is 1. The number of hydrogen-bond acceptors (Lipinski definition) is 5. The molecule has 1 atom stereocenters. The van der Waals surface area contributed by atoms with E-state index in [1.54, 1.807) is 13.0 Å². The molecule has 5 nitrogen and oxygen atoms in total. The Bertz CT molecular complexity index is 894. The summed E-state index contributed by atoms with van der Waals surface area (Å²) in [6.07, 6.45) is 4.16. The first-order chi connectivity index (χ1) is 12.9. The van der Waals surface area contributed by atoms with Crippen LogP contribution in [-0.4, -0.2) is 41.8 Å². The van der Waals surface area contributed by atoms with E-state index in [1.807, 2.05) is 0 Å². The summed E-state index contributed by atoms with van der Waals surface area (Å²) in [4.78, 5) is 16.8. The van der Waals surface area contributed by atoms with Crippen molar-refractivity contribution >= 4 is 27.6 Å². The molecule has 0 amide bonds.